The standard InChI is InChI=1S/C23H35N3O3.HI/c1-24-23(26-13-16-29-22(17-26)21-11-5-14-28-21)25-12-6-15-27-20-10-4-8-18-7-2-3-9-19(18)20;/h2-3,7,9,20-22H,4-6,8,10-17H2,1H3,(H,24,25);1H. The number of fused-ring (bicyclic) bond motifs is 1. The van der Waals surface area contributed by atoms with Crippen LogP contribution in [0.3, 0.4) is 0 Å². The molecule has 1 aromatic rings. The van der Waals surface area contributed by atoms with Gasteiger partial charge in [-0.05, 0) is 49.7 Å². The fourth-order valence-corrected chi connectivity index (χ4v) is 4.70. The molecular weight excluding hydrogens is 493 g/mol. The summed E-state index contributed by atoms with van der Waals surface area (Å²) in [6.07, 6.45) is 7.39. The summed E-state index contributed by atoms with van der Waals surface area (Å²) >= 11 is 0. The topological polar surface area (TPSA) is 55.3 Å². The van der Waals surface area contributed by atoms with Crippen LogP contribution in [-0.4, -0.2) is 69.6 Å². The first-order valence-corrected chi connectivity index (χ1v) is 11.2. The third kappa shape index (κ3) is 6.08. The average molecular weight is 529 g/mol. The van der Waals surface area contributed by atoms with Crippen molar-refractivity contribution in [2.45, 2.75) is 56.8 Å². The molecule has 4 rings (SSSR count). The molecule has 3 aliphatic rings. The van der Waals surface area contributed by atoms with Crippen molar-refractivity contribution in [3.05, 3.63) is 35.4 Å². The molecule has 3 unspecified atom stereocenters. The van der Waals surface area contributed by atoms with Crippen molar-refractivity contribution in [1.29, 1.82) is 0 Å². The number of rotatable bonds is 6. The van der Waals surface area contributed by atoms with E-state index in [0.29, 0.717) is 0 Å². The van der Waals surface area contributed by atoms with Crippen molar-refractivity contribution >= 4 is 29.9 Å². The summed E-state index contributed by atoms with van der Waals surface area (Å²) in [6.45, 7) is 4.95. The van der Waals surface area contributed by atoms with Gasteiger partial charge in [0.15, 0.2) is 5.96 Å². The molecule has 6 nitrogen and oxygen atoms in total. The minimum Gasteiger partial charge on any atom is -0.375 e. The fourth-order valence-electron chi connectivity index (χ4n) is 4.70. The predicted octanol–water partition coefficient (Wildman–Crippen LogP) is 3.54. The number of aryl methyl sites for hydroxylation is 1. The summed E-state index contributed by atoms with van der Waals surface area (Å²) in [5.41, 5.74) is 2.84. The first kappa shape index (κ1) is 23.8. The van der Waals surface area contributed by atoms with Gasteiger partial charge in [0.2, 0.25) is 0 Å². The van der Waals surface area contributed by atoms with Crippen LogP contribution in [0.5, 0.6) is 0 Å². The Morgan fingerprint density at radius 3 is 2.87 bits per heavy atom. The van der Waals surface area contributed by atoms with Gasteiger partial charge >= 0.3 is 0 Å². The Hall–Kier alpha value is -0.900. The first-order chi connectivity index (χ1) is 14.3. The van der Waals surface area contributed by atoms with Gasteiger partial charge in [0.25, 0.3) is 0 Å². The second kappa shape index (κ2) is 12.2. The Balaban J connectivity index is 0.00000256. The van der Waals surface area contributed by atoms with Crippen LogP contribution in [0.4, 0.5) is 0 Å². The highest BCUT2D eigenvalue weighted by molar-refractivity contribution is 14.0. The van der Waals surface area contributed by atoms with E-state index in [4.69, 9.17) is 14.2 Å². The lowest BCUT2D eigenvalue weighted by molar-refractivity contribution is -0.0817. The van der Waals surface area contributed by atoms with Crippen LogP contribution in [0, 0.1) is 0 Å². The molecule has 1 aliphatic carbocycles. The quantitative estimate of drug-likeness (QED) is 0.265. The van der Waals surface area contributed by atoms with Crippen LogP contribution >= 0.6 is 24.0 Å². The molecule has 2 heterocycles. The number of nitrogens with zero attached hydrogens (tertiary/aromatic N) is 2. The molecule has 1 aromatic carbocycles. The van der Waals surface area contributed by atoms with Gasteiger partial charge in [0.1, 0.15) is 6.10 Å². The van der Waals surface area contributed by atoms with Gasteiger partial charge in [0.05, 0.1) is 18.8 Å². The van der Waals surface area contributed by atoms with Crippen LogP contribution < -0.4 is 5.32 Å². The summed E-state index contributed by atoms with van der Waals surface area (Å²) in [5.74, 6) is 0.958. The van der Waals surface area contributed by atoms with Crippen LogP contribution in [0.25, 0.3) is 0 Å². The molecule has 3 atom stereocenters. The molecule has 0 amide bonds. The fraction of sp³-hybridized carbons (Fsp3) is 0.696. The van der Waals surface area contributed by atoms with Crippen molar-refractivity contribution in [2.75, 3.05) is 46.5 Å². The molecule has 1 N–H and O–H groups in total. The van der Waals surface area contributed by atoms with Gasteiger partial charge < -0.3 is 24.4 Å². The number of nitrogens with one attached hydrogen (secondary N) is 1. The predicted molar refractivity (Wildman–Crippen MR) is 130 cm³/mol. The summed E-state index contributed by atoms with van der Waals surface area (Å²) in [4.78, 5) is 6.78. The lowest BCUT2D eigenvalue weighted by atomic mass is 9.89. The molecule has 30 heavy (non-hydrogen) atoms. The number of halogens is 1. The number of hydrogen-bond acceptors (Lipinski definition) is 4. The van der Waals surface area contributed by atoms with E-state index in [1.807, 2.05) is 7.05 Å². The van der Waals surface area contributed by atoms with Crippen molar-refractivity contribution in [3.8, 4) is 0 Å². The summed E-state index contributed by atoms with van der Waals surface area (Å²) in [7, 11) is 1.86. The second-order valence-corrected chi connectivity index (χ2v) is 8.18. The molecular formula is C23H36IN3O3. The number of hydrogen-bond donors (Lipinski definition) is 1. The van der Waals surface area contributed by atoms with Gasteiger partial charge in [-0.1, -0.05) is 24.3 Å². The number of guanidine groups is 1. The minimum absolute atomic E-state index is 0. The molecule has 0 saturated carbocycles. The molecule has 0 spiro atoms. The van der Waals surface area contributed by atoms with Gasteiger partial charge in [-0.25, -0.2) is 0 Å². The molecule has 2 fully saturated rings. The molecule has 2 aliphatic heterocycles. The Morgan fingerprint density at radius 2 is 2.03 bits per heavy atom. The van der Waals surface area contributed by atoms with Crippen molar-refractivity contribution in [2.24, 2.45) is 4.99 Å². The molecule has 2 saturated heterocycles. The van der Waals surface area contributed by atoms with E-state index in [-0.39, 0.29) is 42.3 Å². The Kier molecular flexibility index (Phi) is 9.67. The zero-order valence-corrected chi connectivity index (χ0v) is 20.4. The van der Waals surface area contributed by atoms with Gasteiger partial charge in [-0.2, -0.15) is 0 Å². The number of ether oxygens (including phenoxy) is 3. The second-order valence-electron chi connectivity index (χ2n) is 8.18. The van der Waals surface area contributed by atoms with Crippen molar-refractivity contribution in [1.82, 2.24) is 10.2 Å². The van der Waals surface area contributed by atoms with E-state index in [2.05, 4.69) is 39.5 Å². The van der Waals surface area contributed by atoms with Crippen molar-refractivity contribution < 1.29 is 14.2 Å². The van der Waals surface area contributed by atoms with Crippen LogP contribution in [-0.2, 0) is 20.6 Å². The van der Waals surface area contributed by atoms with E-state index in [1.165, 1.54) is 24.0 Å². The third-order valence-corrected chi connectivity index (χ3v) is 6.22. The SMILES string of the molecule is CN=C(NCCCOC1CCCc2ccccc21)N1CCOC(C2CCCO2)C1.I. The van der Waals surface area contributed by atoms with Gasteiger partial charge in [-0.3, -0.25) is 4.99 Å². The zero-order chi connectivity index (χ0) is 19.9. The molecule has 0 bridgehead atoms. The summed E-state index contributed by atoms with van der Waals surface area (Å²) in [6, 6.07) is 8.72. The molecule has 168 valence electrons. The van der Waals surface area contributed by atoms with Crippen LogP contribution in [0.2, 0.25) is 0 Å². The first-order valence-electron chi connectivity index (χ1n) is 11.2. The number of morpholine rings is 1. The average Bonchev–Trinajstić information content (AvgIpc) is 3.31. The third-order valence-electron chi connectivity index (χ3n) is 6.22. The van der Waals surface area contributed by atoms with Gasteiger partial charge in [-0.15, -0.1) is 24.0 Å². The maximum absolute atomic E-state index is 6.22. The van der Waals surface area contributed by atoms with E-state index < -0.39 is 0 Å². The van der Waals surface area contributed by atoms with Crippen LogP contribution in [0.1, 0.15) is 49.3 Å². The lowest BCUT2D eigenvalue weighted by Crippen LogP contribution is -2.53. The Morgan fingerprint density at radius 1 is 1.17 bits per heavy atom. The zero-order valence-electron chi connectivity index (χ0n) is 18.1. The highest BCUT2D eigenvalue weighted by Crippen LogP contribution is 2.32. The largest absolute Gasteiger partial charge is 0.375 e. The molecule has 0 aromatic heterocycles. The maximum atomic E-state index is 6.22. The summed E-state index contributed by atoms with van der Waals surface area (Å²) < 4.78 is 18.0. The van der Waals surface area contributed by atoms with Crippen LogP contribution in [0.15, 0.2) is 29.3 Å². The van der Waals surface area contributed by atoms with Crippen molar-refractivity contribution in [3.63, 3.8) is 0 Å². The molecule has 7 heteroatoms. The summed E-state index contributed by atoms with van der Waals surface area (Å²) in [5, 5.41) is 3.51. The normalized spacial score (nSPS) is 26.8. The van der Waals surface area contributed by atoms with E-state index in [9.17, 15) is 0 Å². The Labute approximate surface area is 197 Å². The smallest absolute Gasteiger partial charge is 0.193 e. The number of aliphatic imine (C=N–C) groups is 1. The highest BCUT2D eigenvalue weighted by atomic mass is 127. The maximum Gasteiger partial charge on any atom is 0.193 e. The van der Waals surface area contributed by atoms with E-state index in [0.717, 1.165) is 71.1 Å². The van der Waals surface area contributed by atoms with E-state index >= 15 is 0 Å². The molecule has 0 radical (unpaired) electrons. The lowest BCUT2D eigenvalue weighted by Gasteiger charge is -2.37. The van der Waals surface area contributed by atoms with Gasteiger partial charge in [0, 0.05) is 39.9 Å². The highest BCUT2D eigenvalue weighted by Gasteiger charge is 2.32. The Bertz CT molecular complexity index is 681. The van der Waals surface area contributed by atoms with E-state index in [1.54, 1.807) is 0 Å². The monoisotopic (exact) mass is 529 g/mol. The minimum atomic E-state index is 0. The number of benzene rings is 1.